The highest BCUT2D eigenvalue weighted by atomic mass is 16.5. The normalized spacial score (nSPS) is 10.2. The van der Waals surface area contributed by atoms with Crippen molar-refractivity contribution in [1.82, 2.24) is 0 Å². The summed E-state index contributed by atoms with van der Waals surface area (Å²) in [5.41, 5.74) is 2.90. The van der Waals surface area contributed by atoms with E-state index in [9.17, 15) is 14.7 Å². The summed E-state index contributed by atoms with van der Waals surface area (Å²) in [7, 11) is 1.64. The molecule has 0 aliphatic heterocycles. The Labute approximate surface area is 141 Å². The van der Waals surface area contributed by atoms with Gasteiger partial charge < -0.3 is 20.0 Å². The molecule has 2 rings (SSSR count). The van der Waals surface area contributed by atoms with Gasteiger partial charge in [-0.15, -0.1) is 0 Å². The predicted octanol–water partition coefficient (Wildman–Crippen LogP) is 2.33. The summed E-state index contributed by atoms with van der Waals surface area (Å²) < 4.78 is 5.23. The number of benzene rings is 2. The first-order valence-corrected chi connectivity index (χ1v) is 7.74. The van der Waals surface area contributed by atoms with Crippen LogP contribution < -0.4 is 15.2 Å². The van der Waals surface area contributed by atoms with E-state index in [0.29, 0.717) is 12.1 Å². The van der Waals surface area contributed by atoms with Gasteiger partial charge in [-0.25, -0.2) is 0 Å². The van der Waals surface area contributed by atoms with Gasteiger partial charge in [0.1, 0.15) is 5.75 Å². The fraction of sp³-hybridized carbons (Fsp3) is 0.263. The lowest BCUT2D eigenvalue weighted by Gasteiger charge is -2.08. The number of carboxylic acids is 1. The van der Waals surface area contributed by atoms with E-state index in [2.05, 4.69) is 11.4 Å². The van der Waals surface area contributed by atoms with Gasteiger partial charge in [0.25, 0.3) is 0 Å². The standard InChI is InChI=1S/C19H21NO4/c1-13-12-14(6-11-17(13)24-2)4-3-5-18(21)20-16-9-7-15(8-10-16)19(22)23/h6-12H,3-5H2,1-2H3,(H,20,21)(H,22,23)/p-1. The maximum absolute atomic E-state index is 11.9. The third-order valence-corrected chi connectivity index (χ3v) is 3.73. The molecule has 0 saturated carbocycles. The van der Waals surface area contributed by atoms with Crippen LogP contribution in [0.2, 0.25) is 0 Å². The summed E-state index contributed by atoms with van der Waals surface area (Å²) in [4.78, 5) is 22.6. The summed E-state index contributed by atoms with van der Waals surface area (Å²) >= 11 is 0. The Bertz CT molecular complexity index is 723. The van der Waals surface area contributed by atoms with E-state index >= 15 is 0 Å². The predicted molar refractivity (Wildman–Crippen MR) is 90.1 cm³/mol. The molecular formula is C19H20NO4-. The number of methoxy groups -OCH3 is 1. The number of amides is 1. The number of nitrogens with one attached hydrogen (secondary N) is 1. The quantitative estimate of drug-likeness (QED) is 0.847. The highest BCUT2D eigenvalue weighted by Crippen LogP contribution is 2.19. The van der Waals surface area contributed by atoms with E-state index in [0.717, 1.165) is 24.2 Å². The lowest BCUT2D eigenvalue weighted by atomic mass is 10.0. The number of rotatable bonds is 7. The van der Waals surface area contributed by atoms with Crippen LogP contribution in [-0.2, 0) is 11.2 Å². The molecule has 0 radical (unpaired) electrons. The minimum atomic E-state index is -1.23. The number of anilines is 1. The van der Waals surface area contributed by atoms with Crippen LogP contribution in [0.3, 0.4) is 0 Å². The third-order valence-electron chi connectivity index (χ3n) is 3.73. The van der Waals surface area contributed by atoms with Gasteiger partial charge in [-0.05, 0) is 54.7 Å². The minimum absolute atomic E-state index is 0.0860. The van der Waals surface area contributed by atoms with Crippen LogP contribution in [0.5, 0.6) is 5.75 Å². The average Bonchev–Trinajstić information content (AvgIpc) is 2.55. The molecule has 0 heterocycles. The maximum atomic E-state index is 11.9. The Kier molecular flexibility index (Phi) is 5.95. The monoisotopic (exact) mass is 326 g/mol. The largest absolute Gasteiger partial charge is 0.545 e. The van der Waals surface area contributed by atoms with Crippen molar-refractivity contribution in [2.24, 2.45) is 0 Å². The number of aromatic carboxylic acids is 1. The molecular weight excluding hydrogens is 306 g/mol. The molecule has 1 amide bonds. The van der Waals surface area contributed by atoms with E-state index in [-0.39, 0.29) is 11.5 Å². The Balaban J connectivity index is 1.80. The molecule has 0 atom stereocenters. The summed E-state index contributed by atoms with van der Waals surface area (Å²) in [5.74, 6) is -0.472. The van der Waals surface area contributed by atoms with Crippen LogP contribution in [0.25, 0.3) is 0 Å². The SMILES string of the molecule is COc1ccc(CCCC(=O)Nc2ccc(C(=O)[O-])cc2)cc1C. The van der Waals surface area contributed by atoms with Crippen molar-refractivity contribution in [2.45, 2.75) is 26.2 Å². The highest BCUT2D eigenvalue weighted by Gasteiger charge is 2.05. The number of aryl methyl sites for hydroxylation is 2. The van der Waals surface area contributed by atoms with Crippen molar-refractivity contribution < 1.29 is 19.4 Å². The molecule has 5 heteroatoms. The van der Waals surface area contributed by atoms with Gasteiger partial charge >= 0.3 is 0 Å². The van der Waals surface area contributed by atoms with Gasteiger partial charge in [0.15, 0.2) is 0 Å². The minimum Gasteiger partial charge on any atom is -0.545 e. The zero-order valence-corrected chi connectivity index (χ0v) is 13.8. The van der Waals surface area contributed by atoms with Crippen LogP contribution >= 0.6 is 0 Å². The second-order valence-electron chi connectivity index (χ2n) is 5.57. The Hall–Kier alpha value is -2.82. The maximum Gasteiger partial charge on any atom is 0.224 e. The van der Waals surface area contributed by atoms with Crippen molar-refractivity contribution in [1.29, 1.82) is 0 Å². The number of hydrogen-bond acceptors (Lipinski definition) is 4. The Morgan fingerprint density at radius 1 is 1.12 bits per heavy atom. The molecule has 0 saturated heterocycles. The molecule has 0 unspecified atom stereocenters. The van der Waals surface area contributed by atoms with E-state index in [1.165, 1.54) is 17.7 Å². The number of carbonyl (C=O) groups is 2. The molecule has 1 N–H and O–H groups in total. The van der Waals surface area contributed by atoms with Gasteiger partial charge in [-0.2, -0.15) is 0 Å². The lowest BCUT2D eigenvalue weighted by Crippen LogP contribution is -2.22. The van der Waals surface area contributed by atoms with Crippen LogP contribution in [-0.4, -0.2) is 19.0 Å². The second kappa shape index (κ2) is 8.15. The first kappa shape index (κ1) is 17.5. The van der Waals surface area contributed by atoms with E-state index < -0.39 is 5.97 Å². The number of carbonyl (C=O) groups excluding carboxylic acids is 2. The second-order valence-corrected chi connectivity index (χ2v) is 5.57. The first-order chi connectivity index (χ1) is 11.5. The zero-order chi connectivity index (χ0) is 17.5. The topological polar surface area (TPSA) is 78.5 Å². The molecule has 0 fully saturated rings. The fourth-order valence-electron chi connectivity index (χ4n) is 2.46. The lowest BCUT2D eigenvalue weighted by molar-refractivity contribution is -0.255. The van der Waals surface area contributed by atoms with Crippen molar-refractivity contribution in [3.05, 3.63) is 59.2 Å². The molecule has 2 aromatic rings. The Morgan fingerprint density at radius 3 is 2.42 bits per heavy atom. The molecule has 0 aliphatic carbocycles. The van der Waals surface area contributed by atoms with E-state index in [1.807, 2.05) is 19.1 Å². The van der Waals surface area contributed by atoms with Crippen molar-refractivity contribution in [3.8, 4) is 5.75 Å². The third kappa shape index (κ3) is 4.84. The summed E-state index contributed by atoms with van der Waals surface area (Å²) in [5, 5.41) is 13.4. The fourth-order valence-corrected chi connectivity index (χ4v) is 2.46. The molecule has 2 aromatic carbocycles. The summed E-state index contributed by atoms with van der Waals surface area (Å²) in [6.45, 7) is 1.99. The van der Waals surface area contributed by atoms with Crippen LogP contribution in [0.4, 0.5) is 5.69 Å². The molecule has 0 spiro atoms. The van der Waals surface area contributed by atoms with Crippen molar-refractivity contribution >= 4 is 17.6 Å². The van der Waals surface area contributed by atoms with E-state index in [1.54, 1.807) is 19.2 Å². The van der Waals surface area contributed by atoms with Gasteiger partial charge in [0, 0.05) is 12.1 Å². The first-order valence-electron chi connectivity index (χ1n) is 7.74. The van der Waals surface area contributed by atoms with Gasteiger partial charge in [-0.3, -0.25) is 4.79 Å². The molecule has 5 nitrogen and oxygen atoms in total. The molecule has 0 aromatic heterocycles. The number of ether oxygens (including phenoxy) is 1. The van der Waals surface area contributed by atoms with Crippen molar-refractivity contribution in [2.75, 3.05) is 12.4 Å². The van der Waals surface area contributed by atoms with Gasteiger partial charge in [0.05, 0.1) is 13.1 Å². The van der Waals surface area contributed by atoms with Crippen LogP contribution in [0, 0.1) is 6.92 Å². The molecule has 126 valence electrons. The smallest absolute Gasteiger partial charge is 0.224 e. The zero-order valence-electron chi connectivity index (χ0n) is 13.8. The van der Waals surface area contributed by atoms with Gasteiger partial charge in [0.2, 0.25) is 5.91 Å². The summed E-state index contributed by atoms with van der Waals surface area (Å²) in [6.07, 6.45) is 1.93. The van der Waals surface area contributed by atoms with Crippen LogP contribution in [0.15, 0.2) is 42.5 Å². The summed E-state index contributed by atoms with van der Waals surface area (Å²) in [6, 6.07) is 11.9. The molecule has 0 aliphatic rings. The molecule has 24 heavy (non-hydrogen) atoms. The highest BCUT2D eigenvalue weighted by molar-refractivity contribution is 5.92. The van der Waals surface area contributed by atoms with Gasteiger partial charge in [-0.1, -0.05) is 24.3 Å². The van der Waals surface area contributed by atoms with E-state index in [4.69, 9.17) is 4.74 Å². The molecule has 0 bridgehead atoms. The number of carboxylic acid groups (broad SMARTS) is 1. The van der Waals surface area contributed by atoms with Crippen molar-refractivity contribution in [3.63, 3.8) is 0 Å². The number of hydrogen-bond donors (Lipinski definition) is 1. The average molecular weight is 326 g/mol. The Morgan fingerprint density at radius 2 is 1.83 bits per heavy atom. The van der Waals surface area contributed by atoms with Crippen LogP contribution in [0.1, 0.15) is 34.3 Å².